The molecule has 2 aromatic rings. The topological polar surface area (TPSA) is 67.9 Å². The van der Waals surface area contributed by atoms with Crippen LogP contribution in [0.25, 0.3) is 0 Å². The van der Waals surface area contributed by atoms with Crippen molar-refractivity contribution in [3.05, 3.63) is 42.1 Å². The molecule has 94 valence electrons. The van der Waals surface area contributed by atoms with E-state index >= 15 is 0 Å². The normalized spacial score (nSPS) is 15.3. The maximum Gasteiger partial charge on any atom is 0.124 e. The van der Waals surface area contributed by atoms with E-state index in [4.69, 9.17) is 5.73 Å². The summed E-state index contributed by atoms with van der Waals surface area (Å²) in [5, 5.41) is 11.0. The molecule has 1 saturated heterocycles. The fraction of sp³-hybridized carbons (Fsp3) is 0.308. The second-order valence-corrected chi connectivity index (χ2v) is 4.57. The minimum absolute atomic E-state index is 0.475. The van der Waals surface area contributed by atoms with Gasteiger partial charge in [-0.15, -0.1) is 0 Å². The van der Waals surface area contributed by atoms with Gasteiger partial charge in [0.25, 0.3) is 0 Å². The lowest BCUT2D eigenvalue weighted by Crippen LogP contribution is -2.44. The number of hydrogen-bond donors (Lipinski definition) is 3. The molecule has 0 saturated carbocycles. The van der Waals surface area contributed by atoms with Gasteiger partial charge in [0, 0.05) is 31.4 Å². The molecule has 5 heteroatoms. The summed E-state index contributed by atoms with van der Waals surface area (Å²) < 4.78 is 2.04. The van der Waals surface area contributed by atoms with Crippen molar-refractivity contribution in [2.75, 3.05) is 24.1 Å². The van der Waals surface area contributed by atoms with Crippen LogP contribution in [-0.4, -0.2) is 22.9 Å². The highest BCUT2D eigenvalue weighted by Gasteiger charge is 2.21. The van der Waals surface area contributed by atoms with Gasteiger partial charge in [0.15, 0.2) is 0 Å². The fourth-order valence-corrected chi connectivity index (χ4v) is 2.09. The van der Waals surface area contributed by atoms with Crippen molar-refractivity contribution in [2.45, 2.75) is 12.6 Å². The molecule has 1 aliphatic heterocycles. The zero-order valence-corrected chi connectivity index (χ0v) is 10.1. The van der Waals surface area contributed by atoms with Gasteiger partial charge in [-0.2, -0.15) is 5.10 Å². The lowest BCUT2D eigenvalue weighted by atomic mass is 10.2. The number of nitrogens with one attached hydrogen (secondary N) is 2. The molecule has 18 heavy (non-hydrogen) atoms. The predicted octanol–water partition coefficient (Wildman–Crippen LogP) is 1.22. The summed E-state index contributed by atoms with van der Waals surface area (Å²) in [6.45, 7) is 2.75. The van der Waals surface area contributed by atoms with Crippen molar-refractivity contribution in [2.24, 2.45) is 0 Å². The molecule has 0 spiro atoms. The molecule has 0 atom stereocenters. The Balaban J connectivity index is 1.68. The van der Waals surface area contributed by atoms with Crippen molar-refractivity contribution < 1.29 is 0 Å². The average molecular weight is 243 g/mol. The Kier molecular flexibility index (Phi) is 2.90. The van der Waals surface area contributed by atoms with E-state index in [-0.39, 0.29) is 0 Å². The van der Waals surface area contributed by atoms with E-state index in [1.807, 2.05) is 35.1 Å². The van der Waals surface area contributed by atoms with E-state index in [0.29, 0.717) is 6.04 Å². The average Bonchev–Trinajstić information content (AvgIpc) is 2.72. The van der Waals surface area contributed by atoms with Gasteiger partial charge >= 0.3 is 0 Å². The van der Waals surface area contributed by atoms with Crippen molar-refractivity contribution in [1.29, 1.82) is 0 Å². The maximum absolute atomic E-state index is 5.76. The Morgan fingerprint density at radius 2 is 2.28 bits per heavy atom. The molecule has 3 rings (SSSR count). The number of aromatic nitrogens is 2. The van der Waals surface area contributed by atoms with Gasteiger partial charge in [0.2, 0.25) is 0 Å². The third-order valence-corrected chi connectivity index (χ3v) is 3.20. The van der Waals surface area contributed by atoms with Gasteiger partial charge in [0.05, 0.1) is 12.2 Å². The molecule has 4 N–H and O–H groups in total. The Bertz CT molecular complexity index is 530. The lowest BCUT2D eigenvalue weighted by Gasteiger charge is -2.28. The molecule has 0 radical (unpaired) electrons. The summed E-state index contributed by atoms with van der Waals surface area (Å²) in [7, 11) is 0. The molecular formula is C13H17N5. The first-order valence-electron chi connectivity index (χ1n) is 6.15. The molecule has 1 aromatic heterocycles. The zero-order valence-electron chi connectivity index (χ0n) is 10.1. The first-order chi connectivity index (χ1) is 8.83. The molecule has 0 unspecified atom stereocenters. The van der Waals surface area contributed by atoms with E-state index in [2.05, 4.69) is 21.8 Å². The first kappa shape index (κ1) is 11.1. The summed E-state index contributed by atoms with van der Waals surface area (Å²) in [6, 6.07) is 10.4. The lowest BCUT2D eigenvalue weighted by molar-refractivity contribution is 0.321. The summed E-state index contributed by atoms with van der Waals surface area (Å²) in [5.74, 6) is 1.06. The number of rotatable bonds is 4. The van der Waals surface area contributed by atoms with E-state index < -0.39 is 0 Å². The van der Waals surface area contributed by atoms with Crippen LogP contribution in [0.4, 0.5) is 11.5 Å². The van der Waals surface area contributed by atoms with Gasteiger partial charge in [-0.3, -0.25) is 0 Å². The van der Waals surface area contributed by atoms with Crippen molar-refractivity contribution >= 4 is 11.5 Å². The van der Waals surface area contributed by atoms with Crippen molar-refractivity contribution in [3.63, 3.8) is 0 Å². The molecular weight excluding hydrogens is 226 g/mol. The number of nitrogens with zero attached hydrogens (tertiary/aromatic N) is 2. The molecule has 0 bridgehead atoms. The van der Waals surface area contributed by atoms with Gasteiger partial charge in [-0.25, -0.2) is 4.68 Å². The third kappa shape index (κ3) is 2.17. The molecule has 1 fully saturated rings. The minimum atomic E-state index is 0.475. The van der Waals surface area contributed by atoms with Crippen molar-refractivity contribution in [3.8, 4) is 0 Å². The van der Waals surface area contributed by atoms with Crippen LogP contribution >= 0.6 is 0 Å². The van der Waals surface area contributed by atoms with Crippen LogP contribution in [0.2, 0.25) is 0 Å². The Labute approximate surface area is 106 Å². The fourth-order valence-electron chi connectivity index (χ4n) is 2.09. The van der Waals surface area contributed by atoms with E-state index in [1.165, 1.54) is 5.56 Å². The van der Waals surface area contributed by atoms with Crippen LogP contribution in [0, 0.1) is 0 Å². The highest BCUT2D eigenvalue weighted by Crippen LogP contribution is 2.18. The van der Waals surface area contributed by atoms with Crippen LogP contribution in [0.3, 0.4) is 0 Å². The summed E-state index contributed by atoms with van der Waals surface area (Å²) in [4.78, 5) is 0. The SMILES string of the molecule is Nc1cccc(CNc2ccnn2C2CNC2)c1. The number of hydrogen-bond acceptors (Lipinski definition) is 4. The van der Waals surface area contributed by atoms with Crippen LogP contribution in [0.1, 0.15) is 11.6 Å². The van der Waals surface area contributed by atoms with Gasteiger partial charge in [-0.05, 0) is 17.7 Å². The summed E-state index contributed by atoms with van der Waals surface area (Å²) in [5.41, 5.74) is 7.74. The minimum Gasteiger partial charge on any atom is -0.399 e. The highest BCUT2D eigenvalue weighted by atomic mass is 15.4. The van der Waals surface area contributed by atoms with E-state index in [9.17, 15) is 0 Å². The van der Waals surface area contributed by atoms with E-state index in [0.717, 1.165) is 31.1 Å². The maximum atomic E-state index is 5.76. The largest absolute Gasteiger partial charge is 0.399 e. The summed E-state index contributed by atoms with van der Waals surface area (Å²) >= 11 is 0. The summed E-state index contributed by atoms with van der Waals surface area (Å²) in [6.07, 6.45) is 1.83. The monoisotopic (exact) mass is 243 g/mol. The Morgan fingerprint density at radius 1 is 1.39 bits per heavy atom. The molecule has 1 aliphatic rings. The first-order valence-corrected chi connectivity index (χ1v) is 6.15. The van der Waals surface area contributed by atoms with Crippen molar-refractivity contribution in [1.82, 2.24) is 15.1 Å². The highest BCUT2D eigenvalue weighted by molar-refractivity contribution is 5.43. The van der Waals surface area contributed by atoms with Crippen LogP contribution in [0.5, 0.6) is 0 Å². The second-order valence-electron chi connectivity index (χ2n) is 4.57. The van der Waals surface area contributed by atoms with Gasteiger partial charge in [0.1, 0.15) is 5.82 Å². The smallest absolute Gasteiger partial charge is 0.124 e. The van der Waals surface area contributed by atoms with Crippen LogP contribution < -0.4 is 16.4 Å². The number of benzene rings is 1. The quantitative estimate of drug-likeness (QED) is 0.706. The Morgan fingerprint density at radius 3 is 3.00 bits per heavy atom. The molecule has 2 heterocycles. The molecule has 1 aromatic carbocycles. The van der Waals surface area contributed by atoms with Crippen LogP contribution in [-0.2, 0) is 6.54 Å². The van der Waals surface area contributed by atoms with Gasteiger partial charge in [-0.1, -0.05) is 12.1 Å². The standard InChI is InChI=1S/C13H17N5/c14-11-3-1-2-10(6-11)7-16-13-4-5-17-18(13)12-8-15-9-12/h1-6,12,15-16H,7-9,14H2. The zero-order chi connectivity index (χ0) is 12.4. The second kappa shape index (κ2) is 4.70. The number of anilines is 2. The van der Waals surface area contributed by atoms with Gasteiger partial charge < -0.3 is 16.4 Å². The van der Waals surface area contributed by atoms with Crippen LogP contribution in [0.15, 0.2) is 36.5 Å². The predicted molar refractivity (Wildman–Crippen MR) is 72.3 cm³/mol. The molecule has 0 aliphatic carbocycles. The molecule has 0 amide bonds. The number of nitrogen functional groups attached to an aromatic ring is 1. The van der Waals surface area contributed by atoms with E-state index in [1.54, 1.807) is 0 Å². The third-order valence-electron chi connectivity index (χ3n) is 3.20. The number of nitrogens with two attached hydrogens (primary N) is 1. The molecule has 5 nitrogen and oxygen atoms in total. The Hall–Kier alpha value is -2.01.